The number of aromatic nitrogens is 1. The van der Waals surface area contributed by atoms with Crippen molar-refractivity contribution in [2.45, 2.75) is 25.3 Å². The molecule has 2 amide bonds. The lowest BCUT2D eigenvalue weighted by molar-refractivity contribution is -0.119. The lowest BCUT2D eigenvalue weighted by Gasteiger charge is -2.41. The van der Waals surface area contributed by atoms with Crippen LogP contribution in [-0.2, 0) is 16.0 Å². The van der Waals surface area contributed by atoms with Gasteiger partial charge in [0.1, 0.15) is 0 Å². The summed E-state index contributed by atoms with van der Waals surface area (Å²) in [6.07, 6.45) is 2.81. The van der Waals surface area contributed by atoms with Crippen molar-refractivity contribution in [2.75, 3.05) is 25.6 Å². The number of aromatic amines is 1. The summed E-state index contributed by atoms with van der Waals surface area (Å²) in [5.74, 6) is -0.828. The highest BCUT2D eigenvalue weighted by Crippen LogP contribution is 2.45. The van der Waals surface area contributed by atoms with E-state index in [0.29, 0.717) is 18.7 Å². The number of nitrogens with one attached hydrogen (secondary N) is 2. The number of anilines is 1. The molecule has 0 unspecified atom stereocenters. The number of methoxy groups -OCH3 is 1. The van der Waals surface area contributed by atoms with Gasteiger partial charge in [0.15, 0.2) is 0 Å². The van der Waals surface area contributed by atoms with Crippen molar-refractivity contribution in [1.29, 1.82) is 0 Å². The monoisotopic (exact) mass is 467 g/mol. The zero-order chi connectivity index (χ0) is 24.4. The second-order valence-corrected chi connectivity index (χ2v) is 8.83. The van der Waals surface area contributed by atoms with E-state index in [9.17, 15) is 9.59 Å². The fourth-order valence-electron chi connectivity index (χ4n) is 5.08. The fourth-order valence-corrected chi connectivity index (χ4v) is 5.08. The highest BCUT2D eigenvalue weighted by atomic mass is 16.5. The maximum atomic E-state index is 14.0. The van der Waals surface area contributed by atoms with Crippen LogP contribution >= 0.6 is 0 Å². The number of amides is 2. The summed E-state index contributed by atoms with van der Waals surface area (Å²) in [7, 11) is 1.62. The number of carbonyl (C=O) groups excluding carboxylic acids is 2. The van der Waals surface area contributed by atoms with E-state index in [0.717, 1.165) is 39.7 Å². The molecule has 178 valence electrons. The zero-order valence-corrected chi connectivity index (χ0v) is 20.0. The normalized spacial score (nSPS) is 17.4. The smallest absolute Gasteiger partial charge is 0.254 e. The molecule has 0 saturated carbocycles. The number of ether oxygens (including phenoxy) is 1. The van der Waals surface area contributed by atoms with Crippen LogP contribution in [-0.4, -0.2) is 42.0 Å². The van der Waals surface area contributed by atoms with Crippen LogP contribution < -0.4 is 5.32 Å². The Labute approximate surface area is 204 Å². The van der Waals surface area contributed by atoms with E-state index >= 15 is 0 Å². The molecule has 0 bridgehead atoms. The third kappa shape index (κ3) is 4.21. The van der Waals surface area contributed by atoms with Gasteiger partial charge in [-0.3, -0.25) is 9.59 Å². The minimum absolute atomic E-state index is 0.0926. The van der Waals surface area contributed by atoms with Crippen molar-refractivity contribution in [2.24, 2.45) is 0 Å². The first-order valence-corrected chi connectivity index (χ1v) is 12.0. The Kier molecular flexibility index (Phi) is 6.38. The third-order valence-electron chi connectivity index (χ3n) is 6.80. The Morgan fingerprint density at radius 2 is 1.83 bits per heavy atom. The predicted molar refractivity (Wildman–Crippen MR) is 138 cm³/mol. The summed E-state index contributed by atoms with van der Waals surface area (Å²) >= 11 is 0. The van der Waals surface area contributed by atoms with Gasteiger partial charge in [0.05, 0.1) is 18.6 Å². The van der Waals surface area contributed by atoms with Gasteiger partial charge in [0.25, 0.3) is 5.91 Å². The number of H-pyrrole nitrogens is 1. The van der Waals surface area contributed by atoms with Gasteiger partial charge >= 0.3 is 0 Å². The van der Waals surface area contributed by atoms with Crippen molar-refractivity contribution >= 4 is 28.4 Å². The Morgan fingerprint density at radius 3 is 2.66 bits per heavy atom. The molecular formula is C29H29N3O3. The van der Waals surface area contributed by atoms with Crippen molar-refractivity contribution in [1.82, 2.24) is 9.88 Å². The molecule has 5 rings (SSSR count). The molecule has 6 nitrogen and oxygen atoms in total. The van der Waals surface area contributed by atoms with Crippen LogP contribution in [0.25, 0.3) is 10.9 Å². The van der Waals surface area contributed by atoms with Crippen LogP contribution in [0.3, 0.4) is 0 Å². The van der Waals surface area contributed by atoms with E-state index in [1.54, 1.807) is 18.1 Å². The van der Waals surface area contributed by atoms with Crippen LogP contribution in [0.1, 0.15) is 45.9 Å². The van der Waals surface area contributed by atoms with Gasteiger partial charge in [-0.1, -0.05) is 55.5 Å². The SMILES string of the molecule is CCc1cccc(NC(=O)[C@H]2c3ccccc3C(=O)N(CCOC)[C@@H]2c2c[nH]c3ccccc23)c1. The van der Waals surface area contributed by atoms with Crippen molar-refractivity contribution in [3.8, 4) is 0 Å². The second kappa shape index (κ2) is 9.76. The summed E-state index contributed by atoms with van der Waals surface area (Å²) in [6.45, 7) is 2.84. The number of hydrogen-bond donors (Lipinski definition) is 2. The fraction of sp³-hybridized carbons (Fsp3) is 0.241. The summed E-state index contributed by atoms with van der Waals surface area (Å²) in [5, 5.41) is 4.14. The molecule has 6 heteroatoms. The number of fused-ring (bicyclic) bond motifs is 2. The van der Waals surface area contributed by atoms with Crippen LogP contribution in [0.2, 0.25) is 0 Å². The minimum Gasteiger partial charge on any atom is -0.383 e. The van der Waals surface area contributed by atoms with E-state index in [1.807, 2.05) is 72.9 Å². The van der Waals surface area contributed by atoms with Gasteiger partial charge in [-0.25, -0.2) is 0 Å². The van der Waals surface area contributed by atoms with Crippen LogP contribution in [0, 0.1) is 0 Å². The Bertz CT molecular complexity index is 1380. The molecule has 0 aliphatic carbocycles. The van der Waals surface area contributed by atoms with E-state index in [2.05, 4.69) is 17.2 Å². The Morgan fingerprint density at radius 1 is 1.03 bits per heavy atom. The van der Waals surface area contributed by atoms with Crippen molar-refractivity contribution < 1.29 is 14.3 Å². The number of benzene rings is 3. The quantitative estimate of drug-likeness (QED) is 0.388. The van der Waals surface area contributed by atoms with Gasteiger partial charge in [-0.2, -0.15) is 0 Å². The average molecular weight is 468 g/mol. The van der Waals surface area contributed by atoms with Crippen molar-refractivity contribution in [3.63, 3.8) is 0 Å². The maximum Gasteiger partial charge on any atom is 0.254 e. The molecule has 1 aromatic heterocycles. The van der Waals surface area contributed by atoms with Gasteiger partial charge in [0, 0.05) is 47.6 Å². The Hall–Kier alpha value is -3.90. The average Bonchev–Trinajstić information content (AvgIpc) is 3.32. The number of nitrogens with zero attached hydrogens (tertiary/aromatic N) is 1. The van der Waals surface area contributed by atoms with E-state index in [1.165, 1.54) is 0 Å². The highest BCUT2D eigenvalue weighted by Gasteiger charge is 2.44. The number of rotatable bonds is 7. The van der Waals surface area contributed by atoms with Crippen LogP contribution in [0.4, 0.5) is 5.69 Å². The van der Waals surface area contributed by atoms with Crippen LogP contribution in [0.5, 0.6) is 0 Å². The van der Waals surface area contributed by atoms with E-state index in [4.69, 9.17) is 4.74 Å². The largest absolute Gasteiger partial charge is 0.383 e. The van der Waals surface area contributed by atoms with Crippen molar-refractivity contribution in [3.05, 3.63) is 101 Å². The lowest BCUT2D eigenvalue weighted by atomic mass is 9.79. The number of aryl methyl sites for hydroxylation is 1. The molecule has 1 aliphatic heterocycles. The molecule has 2 N–H and O–H groups in total. The molecule has 1 aliphatic rings. The standard InChI is InChI=1S/C29H29N3O3/c1-3-19-9-8-10-20(17-19)31-28(33)26-22-12-4-5-13-23(22)29(34)32(15-16-35-2)27(26)24-18-30-25-14-7-6-11-21(24)25/h4-14,17-18,26-27,30H,3,15-16H2,1-2H3,(H,31,33)/t26-,27+/m0/s1. The zero-order valence-electron chi connectivity index (χ0n) is 20.0. The van der Waals surface area contributed by atoms with Crippen LogP contribution in [0.15, 0.2) is 79.0 Å². The first-order chi connectivity index (χ1) is 17.1. The van der Waals surface area contributed by atoms with Gasteiger partial charge in [0.2, 0.25) is 5.91 Å². The van der Waals surface area contributed by atoms with Gasteiger partial charge in [-0.05, 0) is 41.8 Å². The molecule has 3 aromatic carbocycles. The number of hydrogen-bond acceptors (Lipinski definition) is 3. The molecule has 0 saturated heterocycles. The first kappa shape index (κ1) is 22.9. The number of carbonyl (C=O) groups is 2. The van der Waals surface area contributed by atoms with Gasteiger partial charge < -0.3 is 19.9 Å². The molecular weight excluding hydrogens is 438 g/mol. The number of para-hydroxylation sites is 1. The molecule has 2 atom stereocenters. The minimum atomic E-state index is -0.592. The molecule has 4 aromatic rings. The topological polar surface area (TPSA) is 74.4 Å². The molecule has 35 heavy (non-hydrogen) atoms. The maximum absolute atomic E-state index is 14.0. The highest BCUT2D eigenvalue weighted by molar-refractivity contribution is 6.05. The summed E-state index contributed by atoms with van der Waals surface area (Å²) in [6, 6.07) is 22.8. The predicted octanol–water partition coefficient (Wildman–Crippen LogP) is 5.30. The first-order valence-electron chi connectivity index (χ1n) is 12.0. The third-order valence-corrected chi connectivity index (χ3v) is 6.80. The lowest BCUT2D eigenvalue weighted by Crippen LogP contribution is -2.47. The molecule has 2 heterocycles. The molecule has 0 fully saturated rings. The van der Waals surface area contributed by atoms with E-state index in [-0.39, 0.29) is 11.8 Å². The second-order valence-electron chi connectivity index (χ2n) is 8.83. The molecule has 0 radical (unpaired) electrons. The molecule has 0 spiro atoms. The summed E-state index contributed by atoms with van der Waals surface area (Å²) in [4.78, 5) is 32.8. The Balaban J connectivity index is 1.65. The summed E-state index contributed by atoms with van der Waals surface area (Å²) in [5.41, 5.74) is 5.09. The summed E-state index contributed by atoms with van der Waals surface area (Å²) < 4.78 is 5.35. The van der Waals surface area contributed by atoms with E-state index < -0.39 is 12.0 Å². The van der Waals surface area contributed by atoms with Gasteiger partial charge in [-0.15, -0.1) is 0 Å².